The number of aromatic amines is 1. The van der Waals surface area contributed by atoms with Gasteiger partial charge in [0.1, 0.15) is 0 Å². The van der Waals surface area contributed by atoms with Crippen LogP contribution in [0.15, 0.2) is 23.1 Å². The minimum absolute atomic E-state index is 0.0649. The second-order valence-corrected chi connectivity index (χ2v) is 3.07. The molecule has 0 unspecified atom stereocenters. The quantitative estimate of drug-likeness (QED) is 0.641. The molecule has 1 aliphatic heterocycles. The standard InChI is InChI=1S/C9H12N2O2/c12-9-5-7(1-2-11-9)8-6-13-4-3-10-8/h1-2,5,8,10H,3-4,6H2,(H,11,12)/t8-/m0/s1. The van der Waals surface area contributed by atoms with Crippen LogP contribution in [-0.2, 0) is 4.74 Å². The van der Waals surface area contributed by atoms with E-state index >= 15 is 0 Å². The van der Waals surface area contributed by atoms with Crippen molar-refractivity contribution in [2.24, 2.45) is 0 Å². The van der Waals surface area contributed by atoms with Crippen LogP contribution in [-0.4, -0.2) is 24.7 Å². The Bertz CT molecular complexity index is 328. The third kappa shape index (κ3) is 1.96. The number of H-pyrrole nitrogens is 1. The molecule has 2 heterocycles. The fourth-order valence-electron chi connectivity index (χ4n) is 1.46. The average molecular weight is 180 g/mol. The summed E-state index contributed by atoms with van der Waals surface area (Å²) in [6.45, 7) is 2.24. The summed E-state index contributed by atoms with van der Waals surface area (Å²) in [5.41, 5.74) is 0.924. The Balaban J connectivity index is 2.19. The van der Waals surface area contributed by atoms with Crippen LogP contribution in [0.3, 0.4) is 0 Å². The summed E-state index contributed by atoms with van der Waals surface area (Å²) in [5.74, 6) is 0. The molecule has 1 saturated heterocycles. The zero-order chi connectivity index (χ0) is 9.10. The fraction of sp³-hybridized carbons (Fsp3) is 0.444. The van der Waals surface area contributed by atoms with Crippen molar-refractivity contribution in [1.29, 1.82) is 0 Å². The van der Waals surface area contributed by atoms with Crippen LogP contribution in [0.5, 0.6) is 0 Å². The molecule has 13 heavy (non-hydrogen) atoms. The first-order chi connectivity index (χ1) is 6.36. The molecule has 4 heteroatoms. The maximum absolute atomic E-state index is 11.0. The van der Waals surface area contributed by atoms with E-state index in [0.717, 1.165) is 18.7 Å². The van der Waals surface area contributed by atoms with Crippen molar-refractivity contribution >= 4 is 0 Å². The first-order valence-electron chi connectivity index (χ1n) is 4.36. The summed E-state index contributed by atoms with van der Waals surface area (Å²) in [5, 5.41) is 3.28. The van der Waals surface area contributed by atoms with Crippen molar-refractivity contribution in [3.63, 3.8) is 0 Å². The second-order valence-electron chi connectivity index (χ2n) is 3.07. The van der Waals surface area contributed by atoms with E-state index in [1.54, 1.807) is 12.3 Å². The van der Waals surface area contributed by atoms with Crippen LogP contribution in [0.4, 0.5) is 0 Å². The summed E-state index contributed by atoms with van der Waals surface area (Å²) >= 11 is 0. The number of pyridine rings is 1. The smallest absolute Gasteiger partial charge is 0.248 e. The Labute approximate surface area is 75.9 Å². The highest BCUT2D eigenvalue weighted by atomic mass is 16.5. The predicted octanol–water partition coefficient (Wildman–Crippen LogP) is 0.0358. The van der Waals surface area contributed by atoms with E-state index in [1.165, 1.54) is 0 Å². The lowest BCUT2D eigenvalue weighted by Crippen LogP contribution is -2.35. The van der Waals surface area contributed by atoms with Crippen LogP contribution in [0.25, 0.3) is 0 Å². The molecule has 0 spiro atoms. The van der Waals surface area contributed by atoms with E-state index in [-0.39, 0.29) is 11.6 Å². The van der Waals surface area contributed by atoms with Gasteiger partial charge in [0.05, 0.1) is 19.3 Å². The van der Waals surface area contributed by atoms with Crippen molar-refractivity contribution in [3.05, 3.63) is 34.2 Å². The molecule has 70 valence electrons. The zero-order valence-electron chi connectivity index (χ0n) is 7.25. The molecule has 2 N–H and O–H groups in total. The molecule has 4 nitrogen and oxygen atoms in total. The van der Waals surface area contributed by atoms with Crippen molar-refractivity contribution in [1.82, 2.24) is 10.3 Å². The van der Waals surface area contributed by atoms with E-state index in [0.29, 0.717) is 6.61 Å². The van der Waals surface area contributed by atoms with Gasteiger partial charge >= 0.3 is 0 Å². The summed E-state index contributed by atoms with van der Waals surface area (Å²) in [7, 11) is 0. The van der Waals surface area contributed by atoms with Crippen LogP contribution in [0.1, 0.15) is 11.6 Å². The van der Waals surface area contributed by atoms with E-state index in [2.05, 4.69) is 10.3 Å². The number of hydrogen-bond acceptors (Lipinski definition) is 3. The monoisotopic (exact) mass is 180 g/mol. The normalized spacial score (nSPS) is 22.9. The van der Waals surface area contributed by atoms with Crippen LogP contribution < -0.4 is 10.9 Å². The third-order valence-corrected chi connectivity index (χ3v) is 2.12. The van der Waals surface area contributed by atoms with E-state index in [1.807, 2.05) is 6.07 Å². The summed E-state index contributed by atoms with van der Waals surface area (Å²) in [4.78, 5) is 13.6. The highest BCUT2D eigenvalue weighted by Crippen LogP contribution is 2.12. The van der Waals surface area contributed by atoms with Gasteiger partial charge in [-0.1, -0.05) is 0 Å². The fourth-order valence-corrected chi connectivity index (χ4v) is 1.46. The van der Waals surface area contributed by atoms with Crippen molar-refractivity contribution in [3.8, 4) is 0 Å². The van der Waals surface area contributed by atoms with Crippen LogP contribution >= 0.6 is 0 Å². The van der Waals surface area contributed by atoms with E-state index < -0.39 is 0 Å². The van der Waals surface area contributed by atoms with Crippen molar-refractivity contribution in [2.45, 2.75) is 6.04 Å². The Morgan fingerprint density at radius 3 is 3.15 bits per heavy atom. The third-order valence-electron chi connectivity index (χ3n) is 2.12. The molecule has 0 amide bonds. The highest BCUT2D eigenvalue weighted by Gasteiger charge is 2.14. The molecule has 1 aromatic rings. The number of aromatic nitrogens is 1. The van der Waals surface area contributed by atoms with E-state index in [9.17, 15) is 4.79 Å². The van der Waals surface area contributed by atoms with Crippen LogP contribution in [0.2, 0.25) is 0 Å². The molecular formula is C9H12N2O2. The minimum atomic E-state index is -0.0649. The van der Waals surface area contributed by atoms with Gasteiger partial charge in [0, 0.05) is 18.8 Å². The van der Waals surface area contributed by atoms with Crippen molar-refractivity contribution in [2.75, 3.05) is 19.8 Å². The molecule has 2 rings (SSSR count). The van der Waals surface area contributed by atoms with Gasteiger partial charge < -0.3 is 15.0 Å². The average Bonchev–Trinajstić information content (AvgIpc) is 2.19. The number of nitrogens with one attached hydrogen (secondary N) is 2. The lowest BCUT2D eigenvalue weighted by molar-refractivity contribution is 0.0768. The molecule has 1 fully saturated rings. The van der Waals surface area contributed by atoms with Gasteiger partial charge in [-0.25, -0.2) is 0 Å². The molecule has 1 atom stereocenters. The molecule has 0 aromatic carbocycles. The first-order valence-corrected chi connectivity index (χ1v) is 4.36. The lowest BCUT2D eigenvalue weighted by atomic mass is 10.1. The van der Waals surface area contributed by atoms with Crippen LogP contribution in [0, 0.1) is 0 Å². The molecule has 1 aliphatic rings. The second kappa shape index (κ2) is 3.72. The van der Waals surface area contributed by atoms with Gasteiger partial charge in [-0.05, 0) is 11.6 Å². The molecule has 1 aromatic heterocycles. The van der Waals surface area contributed by atoms with Gasteiger partial charge in [0.2, 0.25) is 5.56 Å². The number of rotatable bonds is 1. The van der Waals surface area contributed by atoms with E-state index in [4.69, 9.17) is 4.74 Å². The predicted molar refractivity (Wildman–Crippen MR) is 48.6 cm³/mol. The summed E-state index contributed by atoms with van der Waals surface area (Å²) in [6.07, 6.45) is 1.66. The summed E-state index contributed by atoms with van der Waals surface area (Å²) in [6, 6.07) is 3.66. The van der Waals surface area contributed by atoms with Gasteiger partial charge in [0.25, 0.3) is 0 Å². The Morgan fingerprint density at radius 1 is 1.54 bits per heavy atom. The first kappa shape index (κ1) is 8.47. The number of ether oxygens (including phenoxy) is 1. The molecule has 0 radical (unpaired) electrons. The summed E-state index contributed by atoms with van der Waals surface area (Å²) < 4.78 is 5.30. The Kier molecular flexibility index (Phi) is 2.42. The maximum Gasteiger partial charge on any atom is 0.248 e. The molecule has 0 bridgehead atoms. The zero-order valence-corrected chi connectivity index (χ0v) is 7.25. The van der Waals surface area contributed by atoms with Crippen molar-refractivity contribution < 1.29 is 4.74 Å². The molecule has 0 aliphatic carbocycles. The molecule has 0 saturated carbocycles. The van der Waals surface area contributed by atoms with Gasteiger partial charge in [-0.3, -0.25) is 4.79 Å². The number of hydrogen-bond donors (Lipinski definition) is 2. The Morgan fingerprint density at radius 2 is 2.46 bits per heavy atom. The molecular weight excluding hydrogens is 168 g/mol. The van der Waals surface area contributed by atoms with Gasteiger partial charge in [-0.15, -0.1) is 0 Å². The highest BCUT2D eigenvalue weighted by molar-refractivity contribution is 5.15. The minimum Gasteiger partial charge on any atom is -0.378 e. The maximum atomic E-state index is 11.0. The largest absolute Gasteiger partial charge is 0.378 e. The lowest BCUT2D eigenvalue weighted by Gasteiger charge is -2.23. The number of morpholine rings is 1. The topological polar surface area (TPSA) is 54.1 Å². The SMILES string of the molecule is O=c1cc([C@@H]2COCCN2)cc[nH]1. The van der Waals surface area contributed by atoms with Gasteiger partial charge in [-0.2, -0.15) is 0 Å². The van der Waals surface area contributed by atoms with Gasteiger partial charge in [0.15, 0.2) is 0 Å². The Hall–Kier alpha value is -1.13.